The van der Waals surface area contributed by atoms with Crippen LogP contribution in [0.25, 0.3) is 0 Å². The predicted octanol–water partition coefficient (Wildman–Crippen LogP) is 4.37. The quantitative estimate of drug-likeness (QED) is 0.498. The molecule has 2 rings (SSSR count). The van der Waals surface area contributed by atoms with Crippen LogP contribution >= 0.6 is 0 Å². The van der Waals surface area contributed by atoms with Crippen molar-refractivity contribution in [2.24, 2.45) is 11.8 Å². The van der Waals surface area contributed by atoms with Gasteiger partial charge in [0, 0.05) is 11.8 Å². The SMILES string of the molecule is FC(F)(F)C(F)(F)C1(F)C2C=CC(C2)C1(F)C(F)(F)F. The average molecular weight is 316 g/mol. The molecule has 0 saturated heterocycles. The highest BCUT2D eigenvalue weighted by Gasteiger charge is 2.91. The van der Waals surface area contributed by atoms with E-state index in [1.807, 2.05) is 0 Å². The molecule has 2 bridgehead atoms. The van der Waals surface area contributed by atoms with Crippen molar-refractivity contribution >= 4 is 0 Å². The van der Waals surface area contributed by atoms with Gasteiger partial charge in [-0.2, -0.15) is 35.1 Å². The van der Waals surface area contributed by atoms with Crippen molar-refractivity contribution < 1.29 is 43.9 Å². The van der Waals surface area contributed by atoms with Gasteiger partial charge in [0.2, 0.25) is 5.67 Å². The fourth-order valence-electron chi connectivity index (χ4n) is 2.91. The summed E-state index contributed by atoms with van der Waals surface area (Å²) in [5, 5.41) is 0. The van der Waals surface area contributed by atoms with E-state index in [2.05, 4.69) is 0 Å². The predicted molar refractivity (Wildman–Crippen MR) is 45.5 cm³/mol. The van der Waals surface area contributed by atoms with Crippen molar-refractivity contribution in [1.82, 2.24) is 0 Å². The molecule has 116 valence electrons. The first kappa shape index (κ1) is 15.4. The molecule has 10 heteroatoms. The van der Waals surface area contributed by atoms with Crippen LogP contribution in [0.4, 0.5) is 43.9 Å². The van der Waals surface area contributed by atoms with E-state index >= 15 is 0 Å². The monoisotopic (exact) mass is 316 g/mol. The fourth-order valence-corrected chi connectivity index (χ4v) is 2.91. The van der Waals surface area contributed by atoms with Crippen LogP contribution in [0.5, 0.6) is 0 Å². The van der Waals surface area contributed by atoms with E-state index in [9.17, 15) is 43.9 Å². The number of fused-ring (bicyclic) bond motifs is 2. The van der Waals surface area contributed by atoms with Crippen molar-refractivity contribution in [3.05, 3.63) is 12.2 Å². The molecule has 1 fully saturated rings. The molecule has 2 aliphatic carbocycles. The molecule has 0 heterocycles. The largest absolute Gasteiger partial charge is 0.456 e. The third-order valence-electron chi connectivity index (χ3n) is 3.86. The van der Waals surface area contributed by atoms with Gasteiger partial charge in [-0.1, -0.05) is 12.2 Å². The van der Waals surface area contributed by atoms with Crippen molar-refractivity contribution in [1.29, 1.82) is 0 Å². The molecule has 0 radical (unpaired) electrons. The summed E-state index contributed by atoms with van der Waals surface area (Å²) in [6, 6.07) is 0. The van der Waals surface area contributed by atoms with Gasteiger partial charge >= 0.3 is 18.3 Å². The number of halogens is 10. The summed E-state index contributed by atoms with van der Waals surface area (Å²) in [6.45, 7) is 0. The minimum atomic E-state index is -6.64. The molecular weight excluding hydrogens is 310 g/mol. The number of hydrogen-bond acceptors (Lipinski definition) is 0. The van der Waals surface area contributed by atoms with Crippen molar-refractivity contribution in [3.8, 4) is 0 Å². The summed E-state index contributed by atoms with van der Waals surface area (Å²) in [5.41, 5.74) is -10.7. The number of hydrogen-bond donors (Lipinski definition) is 0. The van der Waals surface area contributed by atoms with E-state index in [-0.39, 0.29) is 0 Å². The minimum Gasteiger partial charge on any atom is -0.232 e. The van der Waals surface area contributed by atoms with E-state index in [0.717, 1.165) is 0 Å². The Labute approximate surface area is 105 Å². The zero-order chi connectivity index (χ0) is 15.8. The first-order valence-corrected chi connectivity index (χ1v) is 5.28. The third kappa shape index (κ3) is 1.40. The van der Waals surface area contributed by atoms with E-state index in [4.69, 9.17) is 0 Å². The Morgan fingerprint density at radius 3 is 1.50 bits per heavy atom. The zero-order valence-corrected chi connectivity index (χ0v) is 9.30. The summed E-state index contributed by atoms with van der Waals surface area (Å²) in [5.74, 6) is -11.4. The summed E-state index contributed by atoms with van der Waals surface area (Å²) in [7, 11) is 0. The lowest BCUT2D eigenvalue weighted by Gasteiger charge is -2.45. The second kappa shape index (κ2) is 3.62. The average Bonchev–Trinajstić information content (AvgIpc) is 2.78. The molecule has 2 aliphatic rings. The molecule has 0 spiro atoms. The van der Waals surface area contributed by atoms with Crippen LogP contribution < -0.4 is 0 Å². The van der Waals surface area contributed by atoms with Gasteiger partial charge in [0.05, 0.1) is 0 Å². The summed E-state index contributed by atoms with van der Waals surface area (Å²) in [6.07, 6.45) is -13.0. The van der Waals surface area contributed by atoms with Crippen LogP contribution in [0.15, 0.2) is 12.2 Å². The molecule has 1 saturated carbocycles. The molecular formula is C10H6F10. The Morgan fingerprint density at radius 2 is 1.15 bits per heavy atom. The topological polar surface area (TPSA) is 0 Å². The first-order valence-electron chi connectivity index (χ1n) is 5.28. The summed E-state index contributed by atoms with van der Waals surface area (Å²) >= 11 is 0. The molecule has 20 heavy (non-hydrogen) atoms. The second-order valence-electron chi connectivity index (χ2n) is 4.83. The Bertz CT molecular complexity index is 446. The molecule has 0 aromatic carbocycles. The van der Waals surface area contributed by atoms with E-state index in [0.29, 0.717) is 12.2 Å². The molecule has 0 nitrogen and oxygen atoms in total. The van der Waals surface area contributed by atoms with Crippen LogP contribution in [0.3, 0.4) is 0 Å². The van der Waals surface area contributed by atoms with Crippen LogP contribution in [0, 0.1) is 11.8 Å². The van der Waals surface area contributed by atoms with Crippen molar-refractivity contribution in [3.63, 3.8) is 0 Å². The van der Waals surface area contributed by atoms with Gasteiger partial charge < -0.3 is 0 Å². The van der Waals surface area contributed by atoms with Gasteiger partial charge in [-0.05, 0) is 6.42 Å². The minimum absolute atomic E-state index is 0.438. The van der Waals surface area contributed by atoms with E-state index in [1.54, 1.807) is 0 Å². The maximum Gasteiger partial charge on any atom is 0.456 e. The van der Waals surface area contributed by atoms with Crippen LogP contribution in [0.2, 0.25) is 0 Å². The second-order valence-corrected chi connectivity index (χ2v) is 4.83. The van der Waals surface area contributed by atoms with E-state index in [1.165, 1.54) is 0 Å². The highest BCUT2D eigenvalue weighted by atomic mass is 19.4. The molecule has 0 aromatic heterocycles. The lowest BCUT2D eigenvalue weighted by Crippen LogP contribution is -2.71. The Balaban J connectivity index is 2.68. The Morgan fingerprint density at radius 1 is 0.750 bits per heavy atom. The van der Waals surface area contributed by atoms with Crippen molar-refractivity contribution in [2.45, 2.75) is 36.0 Å². The van der Waals surface area contributed by atoms with Gasteiger partial charge in [0.1, 0.15) is 0 Å². The maximum atomic E-state index is 14.2. The van der Waals surface area contributed by atoms with E-state index < -0.39 is 47.9 Å². The molecule has 4 atom stereocenters. The molecule has 0 N–H and O–H groups in total. The Hall–Kier alpha value is -0.960. The third-order valence-corrected chi connectivity index (χ3v) is 3.86. The Kier molecular flexibility index (Phi) is 2.79. The normalized spacial score (nSPS) is 41.5. The smallest absolute Gasteiger partial charge is 0.232 e. The molecule has 0 amide bonds. The zero-order valence-electron chi connectivity index (χ0n) is 9.30. The molecule has 4 unspecified atom stereocenters. The highest BCUT2D eigenvalue weighted by Crippen LogP contribution is 2.69. The van der Waals surface area contributed by atoms with Crippen molar-refractivity contribution in [2.75, 3.05) is 0 Å². The maximum absolute atomic E-state index is 14.2. The van der Waals surface area contributed by atoms with Gasteiger partial charge in [0.15, 0.2) is 0 Å². The first-order chi connectivity index (χ1) is 8.71. The van der Waals surface area contributed by atoms with Crippen LogP contribution in [-0.2, 0) is 0 Å². The fraction of sp³-hybridized carbons (Fsp3) is 0.800. The lowest BCUT2D eigenvalue weighted by atomic mass is 9.72. The standard InChI is InChI=1S/C10H6F10/c11-6(8(13,14)10(18,19)20)4-1-2-5(3-4)7(6,12)9(15,16)17/h1-2,4-5H,3H2. The molecule has 0 aromatic rings. The lowest BCUT2D eigenvalue weighted by molar-refractivity contribution is -0.381. The number of rotatable bonds is 1. The van der Waals surface area contributed by atoms with Gasteiger partial charge in [-0.3, -0.25) is 0 Å². The number of alkyl halides is 10. The van der Waals surface area contributed by atoms with Crippen LogP contribution in [-0.4, -0.2) is 29.6 Å². The van der Waals surface area contributed by atoms with Gasteiger partial charge in [-0.15, -0.1) is 0 Å². The van der Waals surface area contributed by atoms with Gasteiger partial charge in [0.25, 0.3) is 5.67 Å². The summed E-state index contributed by atoms with van der Waals surface area (Å²) < 4.78 is 129. The number of allylic oxidation sites excluding steroid dienone is 2. The summed E-state index contributed by atoms with van der Waals surface area (Å²) in [4.78, 5) is 0. The van der Waals surface area contributed by atoms with Crippen LogP contribution in [0.1, 0.15) is 6.42 Å². The molecule has 0 aliphatic heterocycles. The van der Waals surface area contributed by atoms with Gasteiger partial charge in [-0.25, -0.2) is 8.78 Å². The highest BCUT2D eigenvalue weighted by molar-refractivity contribution is 5.34.